The van der Waals surface area contributed by atoms with Crippen LogP contribution in [0.15, 0.2) is 66.9 Å². The number of hydrogen-bond acceptors (Lipinski definition) is 7. The van der Waals surface area contributed by atoms with Gasteiger partial charge in [-0.25, -0.2) is 0 Å². The largest absolute Gasteiger partial charge is 0.513 e. The van der Waals surface area contributed by atoms with Crippen molar-refractivity contribution in [3.63, 3.8) is 0 Å². The Labute approximate surface area is 213 Å². The Balaban J connectivity index is 1.97. The number of rotatable bonds is 10. The number of aldehydes is 1. The van der Waals surface area contributed by atoms with E-state index in [0.29, 0.717) is 17.5 Å². The van der Waals surface area contributed by atoms with Crippen molar-refractivity contribution in [2.45, 2.75) is 24.9 Å². The SMILES string of the molecule is C=C(O)C[C@@H](C=O)NC(=O)CN1C(=O)[C@@H](NC(=O)c2ccccc2)CN(C(=O)CCO)c2ccccc21. The summed E-state index contributed by atoms with van der Waals surface area (Å²) in [7, 11) is 0. The number of hydrogen-bond donors (Lipinski definition) is 4. The molecule has 4 N–H and O–H groups in total. The number of anilines is 2. The van der Waals surface area contributed by atoms with Crippen LogP contribution in [0, 0.1) is 0 Å². The van der Waals surface area contributed by atoms with E-state index in [-0.39, 0.29) is 30.8 Å². The van der Waals surface area contributed by atoms with Gasteiger partial charge in [0, 0.05) is 12.0 Å². The summed E-state index contributed by atoms with van der Waals surface area (Å²) in [5, 5.41) is 23.8. The lowest BCUT2D eigenvalue weighted by Crippen LogP contribution is -2.54. The molecule has 0 fully saturated rings. The molecule has 11 nitrogen and oxygen atoms in total. The second-order valence-corrected chi connectivity index (χ2v) is 8.36. The Morgan fingerprint density at radius 3 is 2.35 bits per heavy atom. The van der Waals surface area contributed by atoms with Crippen molar-refractivity contribution in [2.75, 3.05) is 29.5 Å². The van der Waals surface area contributed by atoms with Gasteiger partial charge < -0.3 is 30.5 Å². The van der Waals surface area contributed by atoms with E-state index in [2.05, 4.69) is 17.2 Å². The predicted octanol–water partition coefficient (Wildman–Crippen LogP) is 0.693. The maximum absolute atomic E-state index is 13.7. The lowest BCUT2D eigenvalue weighted by Gasteiger charge is -2.25. The van der Waals surface area contributed by atoms with Gasteiger partial charge in [0.05, 0.1) is 42.7 Å². The van der Waals surface area contributed by atoms with Crippen LogP contribution in [0.4, 0.5) is 11.4 Å². The number of amides is 4. The summed E-state index contributed by atoms with van der Waals surface area (Å²) in [6, 6.07) is 12.3. The first-order chi connectivity index (χ1) is 17.7. The minimum Gasteiger partial charge on any atom is -0.513 e. The number of nitrogens with one attached hydrogen (secondary N) is 2. The number of aliphatic hydroxyl groups is 2. The molecule has 1 aliphatic rings. The highest BCUT2D eigenvalue weighted by Gasteiger charge is 2.37. The molecule has 0 saturated carbocycles. The average Bonchev–Trinajstić information content (AvgIpc) is 2.99. The monoisotopic (exact) mass is 508 g/mol. The summed E-state index contributed by atoms with van der Waals surface area (Å²) in [5.74, 6) is -2.68. The third-order valence-corrected chi connectivity index (χ3v) is 5.63. The molecule has 3 rings (SSSR count). The molecule has 0 saturated heterocycles. The first-order valence-corrected chi connectivity index (χ1v) is 11.5. The van der Waals surface area contributed by atoms with Crippen molar-refractivity contribution in [1.82, 2.24) is 10.6 Å². The van der Waals surface area contributed by atoms with Gasteiger partial charge in [0.1, 0.15) is 18.9 Å². The molecular weight excluding hydrogens is 480 g/mol. The molecule has 0 aromatic heterocycles. The highest BCUT2D eigenvalue weighted by molar-refractivity contribution is 6.11. The zero-order chi connectivity index (χ0) is 26.9. The van der Waals surface area contributed by atoms with Crippen LogP contribution in [0.3, 0.4) is 0 Å². The normalized spacial score (nSPS) is 15.7. The summed E-state index contributed by atoms with van der Waals surface area (Å²) in [5.41, 5.74) is 0.849. The van der Waals surface area contributed by atoms with Crippen LogP contribution in [0.1, 0.15) is 23.2 Å². The lowest BCUT2D eigenvalue weighted by atomic mass is 10.1. The molecule has 37 heavy (non-hydrogen) atoms. The number of para-hydroxylation sites is 2. The molecule has 0 unspecified atom stereocenters. The molecule has 4 amide bonds. The van der Waals surface area contributed by atoms with Gasteiger partial charge in [-0.15, -0.1) is 0 Å². The Hall–Kier alpha value is -4.51. The molecule has 0 bridgehead atoms. The number of fused-ring (bicyclic) bond motifs is 1. The van der Waals surface area contributed by atoms with E-state index in [1.165, 1.54) is 4.90 Å². The van der Waals surface area contributed by atoms with Crippen LogP contribution in [-0.2, 0) is 19.2 Å². The smallest absolute Gasteiger partial charge is 0.251 e. The summed E-state index contributed by atoms with van der Waals surface area (Å²) in [6.07, 6.45) is 0.0308. The summed E-state index contributed by atoms with van der Waals surface area (Å²) in [4.78, 5) is 66.0. The van der Waals surface area contributed by atoms with Crippen LogP contribution in [0.5, 0.6) is 0 Å². The number of carbonyl (C=O) groups is 5. The van der Waals surface area contributed by atoms with E-state index in [1.807, 2.05) is 0 Å². The second kappa shape index (κ2) is 12.5. The molecule has 2 aromatic rings. The van der Waals surface area contributed by atoms with Gasteiger partial charge in [-0.2, -0.15) is 0 Å². The van der Waals surface area contributed by atoms with Crippen molar-refractivity contribution in [2.24, 2.45) is 0 Å². The molecule has 0 radical (unpaired) electrons. The van der Waals surface area contributed by atoms with E-state index in [9.17, 15) is 34.2 Å². The highest BCUT2D eigenvalue weighted by Crippen LogP contribution is 2.33. The zero-order valence-electron chi connectivity index (χ0n) is 20.0. The Kier molecular flexibility index (Phi) is 9.11. The van der Waals surface area contributed by atoms with Gasteiger partial charge >= 0.3 is 0 Å². The van der Waals surface area contributed by atoms with Crippen molar-refractivity contribution >= 4 is 41.3 Å². The van der Waals surface area contributed by atoms with Crippen molar-refractivity contribution in [3.05, 3.63) is 72.5 Å². The van der Waals surface area contributed by atoms with Gasteiger partial charge in [0.25, 0.3) is 11.8 Å². The first kappa shape index (κ1) is 27.1. The van der Waals surface area contributed by atoms with Gasteiger partial charge in [-0.1, -0.05) is 36.9 Å². The molecule has 0 spiro atoms. The molecule has 194 valence electrons. The predicted molar refractivity (Wildman–Crippen MR) is 135 cm³/mol. The van der Waals surface area contributed by atoms with E-state index >= 15 is 0 Å². The molecule has 2 aromatic carbocycles. The van der Waals surface area contributed by atoms with Crippen LogP contribution < -0.4 is 20.4 Å². The maximum atomic E-state index is 13.7. The lowest BCUT2D eigenvalue weighted by molar-refractivity contribution is -0.126. The maximum Gasteiger partial charge on any atom is 0.251 e. The fourth-order valence-corrected chi connectivity index (χ4v) is 3.94. The second-order valence-electron chi connectivity index (χ2n) is 8.36. The Bertz CT molecular complexity index is 1180. The summed E-state index contributed by atoms with van der Waals surface area (Å²) >= 11 is 0. The minimum atomic E-state index is -1.23. The number of nitrogens with zero attached hydrogens (tertiary/aromatic N) is 2. The highest BCUT2D eigenvalue weighted by atomic mass is 16.3. The molecule has 11 heteroatoms. The van der Waals surface area contributed by atoms with Crippen molar-refractivity contribution in [3.8, 4) is 0 Å². The zero-order valence-corrected chi connectivity index (χ0v) is 20.0. The van der Waals surface area contributed by atoms with Gasteiger partial charge in [-0.05, 0) is 24.3 Å². The van der Waals surface area contributed by atoms with Crippen LogP contribution >= 0.6 is 0 Å². The van der Waals surface area contributed by atoms with E-state index in [4.69, 9.17) is 0 Å². The van der Waals surface area contributed by atoms with E-state index in [1.54, 1.807) is 54.6 Å². The van der Waals surface area contributed by atoms with Crippen molar-refractivity contribution < 1.29 is 34.2 Å². The third-order valence-electron chi connectivity index (χ3n) is 5.63. The topological polar surface area (TPSA) is 156 Å². The third kappa shape index (κ3) is 6.79. The Morgan fingerprint density at radius 2 is 1.73 bits per heavy atom. The number of benzene rings is 2. The van der Waals surface area contributed by atoms with Crippen LogP contribution in [0.25, 0.3) is 0 Å². The molecule has 0 aliphatic carbocycles. The quantitative estimate of drug-likeness (QED) is 0.272. The fourth-order valence-electron chi connectivity index (χ4n) is 3.94. The van der Waals surface area contributed by atoms with Gasteiger partial charge in [-0.3, -0.25) is 24.1 Å². The Morgan fingerprint density at radius 1 is 1.08 bits per heavy atom. The van der Waals surface area contributed by atoms with Gasteiger partial charge in [0.15, 0.2) is 0 Å². The van der Waals surface area contributed by atoms with Crippen molar-refractivity contribution in [1.29, 1.82) is 0 Å². The van der Waals surface area contributed by atoms with E-state index < -0.39 is 48.9 Å². The molecular formula is C26H28N4O7. The average molecular weight is 509 g/mol. The van der Waals surface area contributed by atoms with Crippen LogP contribution in [0.2, 0.25) is 0 Å². The standard InChI is InChI=1S/C26H28N4O7/c1-17(33)13-19(16-32)27-23(34)15-30-22-10-6-5-9-21(22)29(24(35)11-12-31)14-20(26(30)37)28-25(36)18-7-3-2-4-8-18/h2-10,16,19-20,31,33H,1,11-15H2,(H,27,34)(H,28,36)/t19-,20-/m0/s1. The van der Waals surface area contributed by atoms with E-state index in [0.717, 1.165) is 4.90 Å². The molecule has 1 aliphatic heterocycles. The summed E-state index contributed by atoms with van der Waals surface area (Å²) < 4.78 is 0. The summed E-state index contributed by atoms with van der Waals surface area (Å²) in [6.45, 7) is 2.13. The number of aliphatic hydroxyl groups excluding tert-OH is 2. The minimum absolute atomic E-state index is 0.195. The molecule has 1 heterocycles. The van der Waals surface area contributed by atoms with Gasteiger partial charge in [0.2, 0.25) is 11.8 Å². The first-order valence-electron chi connectivity index (χ1n) is 11.5. The fraction of sp³-hybridized carbons (Fsp3) is 0.269. The van der Waals surface area contributed by atoms with Crippen LogP contribution in [-0.4, -0.2) is 71.9 Å². The number of carbonyl (C=O) groups excluding carboxylic acids is 5. The molecule has 2 atom stereocenters.